The molecule has 11 rings (SSSR count). The summed E-state index contributed by atoms with van der Waals surface area (Å²) in [6.45, 7) is 3.90. The van der Waals surface area contributed by atoms with Crippen molar-refractivity contribution in [3.63, 3.8) is 0 Å². The van der Waals surface area contributed by atoms with Gasteiger partial charge in [-0.05, 0) is 137 Å². The SMILES string of the molecule is c1cc2nc(c1)CN(C13CC4CC(CC(C4)C1)C3)Cc1cccc(n1)CN(C13CC4CC(CC(C4)C1)C3)C2. The summed E-state index contributed by atoms with van der Waals surface area (Å²) in [7, 11) is 0. The molecule has 2 aromatic heterocycles. The standard InChI is InChI=1S/C34H44N4/c1-3-29-19-37(33-13-23-7-24(14-33)9-25(8-23)15-33)21-31-5-2-6-32(36-31)22-38(20-30(4-1)35-29)34-16-26-10-27(17-34)12-28(11-26)18-34/h1-6,23-28H,7-22H2. The molecular weight excluding hydrogens is 464 g/mol. The summed E-state index contributed by atoms with van der Waals surface area (Å²) in [5.41, 5.74) is 5.83. The zero-order valence-electron chi connectivity index (χ0n) is 23.0. The van der Waals surface area contributed by atoms with Crippen molar-refractivity contribution < 1.29 is 0 Å². The number of nitrogens with zero attached hydrogens (tertiary/aromatic N) is 4. The van der Waals surface area contributed by atoms with Crippen LogP contribution < -0.4 is 0 Å². The van der Waals surface area contributed by atoms with Gasteiger partial charge in [0.25, 0.3) is 0 Å². The highest BCUT2D eigenvalue weighted by Gasteiger charge is 2.55. The lowest BCUT2D eigenvalue weighted by Crippen LogP contribution is -2.60. The fourth-order valence-electron chi connectivity index (χ4n) is 11.9. The highest BCUT2D eigenvalue weighted by atomic mass is 15.2. The minimum absolute atomic E-state index is 0.361. The van der Waals surface area contributed by atoms with Crippen LogP contribution in [0.4, 0.5) is 0 Å². The largest absolute Gasteiger partial charge is 0.286 e. The second kappa shape index (κ2) is 8.36. The minimum Gasteiger partial charge on any atom is -0.286 e. The second-order valence-electron chi connectivity index (χ2n) is 15.2. The van der Waals surface area contributed by atoms with Gasteiger partial charge in [0.2, 0.25) is 0 Å². The topological polar surface area (TPSA) is 32.3 Å². The Balaban J connectivity index is 1.09. The lowest BCUT2D eigenvalue weighted by Gasteiger charge is -2.61. The summed E-state index contributed by atoms with van der Waals surface area (Å²) in [5, 5.41) is 0. The fourth-order valence-corrected chi connectivity index (χ4v) is 11.9. The van der Waals surface area contributed by atoms with Crippen molar-refractivity contribution in [2.45, 2.75) is 114 Å². The van der Waals surface area contributed by atoms with Crippen LogP contribution in [0.5, 0.6) is 0 Å². The van der Waals surface area contributed by atoms with Crippen LogP contribution in [0.25, 0.3) is 0 Å². The van der Waals surface area contributed by atoms with Crippen LogP contribution in [0.15, 0.2) is 36.4 Å². The van der Waals surface area contributed by atoms with Crippen LogP contribution in [0.3, 0.4) is 0 Å². The van der Waals surface area contributed by atoms with Crippen molar-refractivity contribution in [1.82, 2.24) is 19.8 Å². The molecule has 1 aliphatic heterocycles. The van der Waals surface area contributed by atoms with Crippen LogP contribution >= 0.6 is 0 Å². The summed E-state index contributed by atoms with van der Waals surface area (Å²) in [6.07, 6.45) is 17.4. The number of hydrogen-bond donors (Lipinski definition) is 0. The molecule has 0 amide bonds. The molecule has 12 bridgehead atoms. The first-order valence-corrected chi connectivity index (χ1v) is 16.0. The van der Waals surface area contributed by atoms with Gasteiger partial charge < -0.3 is 0 Å². The highest BCUT2D eigenvalue weighted by Crippen LogP contribution is 2.59. The van der Waals surface area contributed by atoms with Gasteiger partial charge in [-0.25, -0.2) is 0 Å². The Morgan fingerprint density at radius 1 is 0.447 bits per heavy atom. The molecule has 2 aromatic rings. The minimum atomic E-state index is 0.361. The molecule has 38 heavy (non-hydrogen) atoms. The fraction of sp³-hybridized carbons (Fsp3) is 0.706. The van der Waals surface area contributed by atoms with E-state index in [4.69, 9.17) is 9.97 Å². The Kier molecular flexibility index (Phi) is 5.06. The van der Waals surface area contributed by atoms with E-state index in [1.54, 1.807) is 0 Å². The van der Waals surface area contributed by atoms with E-state index in [0.29, 0.717) is 11.1 Å². The molecule has 9 aliphatic rings. The molecule has 0 N–H and O–H groups in total. The van der Waals surface area contributed by atoms with Crippen molar-refractivity contribution in [1.29, 1.82) is 0 Å². The van der Waals surface area contributed by atoms with E-state index in [-0.39, 0.29) is 0 Å². The highest BCUT2D eigenvalue weighted by molar-refractivity contribution is 5.19. The number of rotatable bonds is 2. The van der Waals surface area contributed by atoms with Crippen molar-refractivity contribution in [2.75, 3.05) is 0 Å². The zero-order valence-corrected chi connectivity index (χ0v) is 23.0. The van der Waals surface area contributed by atoms with Crippen LogP contribution in [0, 0.1) is 35.5 Å². The van der Waals surface area contributed by atoms with Gasteiger partial charge in [-0.2, -0.15) is 0 Å². The Morgan fingerprint density at radius 3 is 0.974 bits per heavy atom. The first kappa shape index (κ1) is 23.0. The maximum Gasteiger partial charge on any atom is 0.0548 e. The summed E-state index contributed by atoms with van der Waals surface area (Å²) >= 11 is 0. The number of aromatic nitrogens is 2. The monoisotopic (exact) mass is 508 g/mol. The maximum absolute atomic E-state index is 5.39. The molecule has 0 saturated heterocycles. The van der Waals surface area contributed by atoms with E-state index >= 15 is 0 Å². The van der Waals surface area contributed by atoms with E-state index in [0.717, 1.165) is 61.7 Å². The Bertz CT molecular complexity index is 1030. The first-order chi connectivity index (χ1) is 18.6. The maximum atomic E-state index is 5.39. The molecule has 0 spiro atoms. The lowest BCUT2D eigenvalue weighted by molar-refractivity contribution is -0.0990. The zero-order chi connectivity index (χ0) is 24.9. The first-order valence-electron chi connectivity index (χ1n) is 16.0. The van der Waals surface area contributed by atoms with Gasteiger partial charge in [-0.3, -0.25) is 19.8 Å². The predicted octanol–water partition coefficient (Wildman–Crippen LogP) is 6.73. The normalized spacial score (nSPS) is 43.7. The van der Waals surface area contributed by atoms with Gasteiger partial charge in [0.1, 0.15) is 0 Å². The Labute approximate surface area is 228 Å². The van der Waals surface area contributed by atoms with Crippen LogP contribution in [-0.4, -0.2) is 30.8 Å². The van der Waals surface area contributed by atoms with Crippen LogP contribution in [0.2, 0.25) is 0 Å². The Hall–Kier alpha value is -1.78. The van der Waals surface area contributed by atoms with Crippen molar-refractivity contribution in [2.24, 2.45) is 35.5 Å². The molecule has 3 heterocycles. The van der Waals surface area contributed by atoms with E-state index < -0.39 is 0 Å². The smallest absolute Gasteiger partial charge is 0.0548 e. The molecule has 200 valence electrons. The third-order valence-corrected chi connectivity index (χ3v) is 12.5. The molecule has 8 aliphatic carbocycles. The Morgan fingerprint density at radius 2 is 0.711 bits per heavy atom. The van der Waals surface area contributed by atoms with Crippen LogP contribution in [-0.2, 0) is 26.2 Å². The van der Waals surface area contributed by atoms with E-state index in [9.17, 15) is 0 Å². The molecule has 4 heteroatoms. The summed E-state index contributed by atoms with van der Waals surface area (Å²) in [6, 6.07) is 13.8. The predicted molar refractivity (Wildman–Crippen MR) is 149 cm³/mol. The van der Waals surface area contributed by atoms with Gasteiger partial charge in [0.15, 0.2) is 0 Å². The van der Waals surface area contributed by atoms with Gasteiger partial charge in [-0.1, -0.05) is 12.1 Å². The second-order valence-corrected chi connectivity index (χ2v) is 15.2. The van der Waals surface area contributed by atoms with Crippen molar-refractivity contribution >= 4 is 0 Å². The molecular formula is C34H44N4. The quantitative estimate of drug-likeness (QED) is 0.450. The number of pyridine rings is 2. The van der Waals surface area contributed by atoms with Crippen LogP contribution in [0.1, 0.15) is 99.8 Å². The lowest BCUT2D eigenvalue weighted by atomic mass is 9.52. The molecule has 0 radical (unpaired) electrons. The van der Waals surface area contributed by atoms with E-state index in [2.05, 4.69) is 46.2 Å². The third kappa shape index (κ3) is 3.76. The average Bonchev–Trinajstić information content (AvgIpc) is 2.86. The summed E-state index contributed by atoms with van der Waals surface area (Å²) in [5.74, 6) is 5.72. The molecule has 0 unspecified atom stereocenters. The molecule has 4 nitrogen and oxygen atoms in total. The number of hydrogen-bond acceptors (Lipinski definition) is 4. The van der Waals surface area contributed by atoms with E-state index in [1.165, 1.54) is 99.8 Å². The number of fused-ring (bicyclic) bond motifs is 4. The van der Waals surface area contributed by atoms with Crippen molar-refractivity contribution in [3.8, 4) is 0 Å². The van der Waals surface area contributed by atoms with Gasteiger partial charge in [0.05, 0.1) is 22.8 Å². The average molecular weight is 509 g/mol. The molecule has 8 saturated carbocycles. The third-order valence-electron chi connectivity index (χ3n) is 12.5. The summed E-state index contributed by atoms with van der Waals surface area (Å²) < 4.78 is 0. The summed E-state index contributed by atoms with van der Waals surface area (Å²) in [4.78, 5) is 16.5. The van der Waals surface area contributed by atoms with E-state index in [1.807, 2.05) is 0 Å². The molecule has 0 aromatic carbocycles. The van der Waals surface area contributed by atoms with Gasteiger partial charge >= 0.3 is 0 Å². The van der Waals surface area contributed by atoms with Gasteiger partial charge in [0, 0.05) is 37.3 Å². The molecule has 8 fully saturated rings. The van der Waals surface area contributed by atoms with Crippen molar-refractivity contribution in [3.05, 3.63) is 59.2 Å². The van der Waals surface area contributed by atoms with Gasteiger partial charge in [-0.15, -0.1) is 0 Å². The molecule has 0 atom stereocenters.